The summed E-state index contributed by atoms with van der Waals surface area (Å²) in [6, 6.07) is 5.86. The number of hydrogen-bond acceptors (Lipinski definition) is 3. The first-order valence-corrected chi connectivity index (χ1v) is 7.50. The van der Waals surface area contributed by atoms with Gasteiger partial charge in [-0.05, 0) is 43.0 Å². The van der Waals surface area contributed by atoms with Crippen molar-refractivity contribution in [1.82, 2.24) is 10.6 Å². The molecular weight excluding hydrogens is 268 g/mol. The second-order valence-corrected chi connectivity index (χ2v) is 5.33. The van der Waals surface area contributed by atoms with Crippen molar-refractivity contribution in [2.45, 2.75) is 38.6 Å². The minimum Gasteiger partial charge on any atom is -0.481 e. The number of amides is 1. The lowest BCUT2D eigenvalue weighted by Crippen LogP contribution is -2.30. The highest BCUT2D eigenvalue weighted by atomic mass is 16.4. The Balaban J connectivity index is 1.80. The fourth-order valence-electron chi connectivity index (χ4n) is 2.62. The monoisotopic (exact) mass is 290 g/mol. The average Bonchev–Trinajstić information content (AvgIpc) is 2.49. The van der Waals surface area contributed by atoms with E-state index >= 15 is 0 Å². The minimum absolute atomic E-state index is 0.0213. The van der Waals surface area contributed by atoms with Gasteiger partial charge in [-0.15, -0.1) is 0 Å². The second kappa shape index (κ2) is 7.78. The maximum atomic E-state index is 12.2. The summed E-state index contributed by atoms with van der Waals surface area (Å²) in [7, 11) is 0. The van der Waals surface area contributed by atoms with Crippen LogP contribution in [0.2, 0.25) is 0 Å². The van der Waals surface area contributed by atoms with Crippen LogP contribution in [0.25, 0.3) is 0 Å². The van der Waals surface area contributed by atoms with Gasteiger partial charge in [-0.2, -0.15) is 0 Å². The summed E-state index contributed by atoms with van der Waals surface area (Å²) in [5.74, 6) is -0.782. The summed E-state index contributed by atoms with van der Waals surface area (Å²) in [5, 5.41) is 14.8. The van der Waals surface area contributed by atoms with E-state index in [0.717, 1.165) is 43.5 Å². The predicted octanol–water partition coefficient (Wildman–Crippen LogP) is 1.71. The number of carboxylic acids is 1. The summed E-state index contributed by atoms with van der Waals surface area (Å²) >= 11 is 0. The number of aliphatic carboxylic acids is 1. The molecule has 5 nitrogen and oxygen atoms in total. The van der Waals surface area contributed by atoms with Gasteiger partial charge in [-0.1, -0.05) is 18.6 Å². The molecular formula is C16H22N2O3. The van der Waals surface area contributed by atoms with Crippen LogP contribution in [0.15, 0.2) is 18.2 Å². The highest BCUT2D eigenvalue weighted by Gasteiger charge is 2.16. The molecule has 2 rings (SSSR count). The molecule has 1 aliphatic rings. The fraction of sp³-hybridized carbons (Fsp3) is 0.500. The zero-order valence-corrected chi connectivity index (χ0v) is 12.2. The molecule has 114 valence electrons. The first kappa shape index (κ1) is 15.5. The van der Waals surface area contributed by atoms with Gasteiger partial charge in [-0.25, -0.2) is 0 Å². The number of nitrogens with one attached hydrogen (secondary N) is 2. The number of hydrogen-bond donors (Lipinski definition) is 3. The lowest BCUT2D eigenvalue weighted by Gasteiger charge is -2.19. The largest absolute Gasteiger partial charge is 0.481 e. The van der Waals surface area contributed by atoms with E-state index in [4.69, 9.17) is 5.11 Å². The lowest BCUT2D eigenvalue weighted by molar-refractivity contribution is -0.137. The molecule has 0 radical (unpaired) electrons. The first-order chi connectivity index (χ1) is 10.2. The Morgan fingerprint density at radius 1 is 1.24 bits per heavy atom. The van der Waals surface area contributed by atoms with Crippen LogP contribution in [0.5, 0.6) is 0 Å². The van der Waals surface area contributed by atoms with Crippen molar-refractivity contribution in [3.63, 3.8) is 0 Å². The van der Waals surface area contributed by atoms with Gasteiger partial charge < -0.3 is 15.7 Å². The van der Waals surface area contributed by atoms with Crippen molar-refractivity contribution < 1.29 is 14.7 Å². The predicted molar refractivity (Wildman–Crippen MR) is 80.3 cm³/mol. The summed E-state index contributed by atoms with van der Waals surface area (Å²) in [6.07, 6.45) is 3.39. The molecule has 0 bridgehead atoms. The standard InChI is InChI=1S/C16H22N2O3/c19-15(20)7-2-1-3-9-18-16(21)14-6-4-5-12-11-17-10-8-13(12)14/h4-6,17H,1-3,7-11H2,(H,18,21)(H,19,20). The van der Waals surface area contributed by atoms with E-state index in [9.17, 15) is 9.59 Å². The number of rotatable bonds is 7. The van der Waals surface area contributed by atoms with Gasteiger partial charge in [0.25, 0.3) is 5.91 Å². The van der Waals surface area contributed by atoms with Crippen molar-refractivity contribution in [2.24, 2.45) is 0 Å². The van der Waals surface area contributed by atoms with Crippen molar-refractivity contribution in [3.8, 4) is 0 Å². The number of unbranched alkanes of at least 4 members (excludes halogenated alkanes) is 2. The fourth-order valence-corrected chi connectivity index (χ4v) is 2.62. The van der Waals surface area contributed by atoms with Gasteiger partial charge in [0.05, 0.1) is 0 Å². The second-order valence-electron chi connectivity index (χ2n) is 5.33. The van der Waals surface area contributed by atoms with Crippen LogP contribution in [-0.2, 0) is 17.8 Å². The molecule has 21 heavy (non-hydrogen) atoms. The van der Waals surface area contributed by atoms with Gasteiger partial charge in [-0.3, -0.25) is 9.59 Å². The normalized spacial score (nSPS) is 13.5. The highest BCUT2D eigenvalue weighted by molar-refractivity contribution is 5.96. The maximum Gasteiger partial charge on any atom is 0.303 e. The maximum absolute atomic E-state index is 12.2. The topological polar surface area (TPSA) is 78.4 Å². The molecule has 0 saturated heterocycles. The zero-order valence-electron chi connectivity index (χ0n) is 12.2. The molecule has 0 aromatic heterocycles. The van der Waals surface area contributed by atoms with Crippen LogP contribution in [0.4, 0.5) is 0 Å². The Kier molecular flexibility index (Phi) is 5.75. The molecule has 0 atom stereocenters. The Hall–Kier alpha value is -1.88. The van der Waals surface area contributed by atoms with E-state index in [1.165, 1.54) is 5.56 Å². The van der Waals surface area contributed by atoms with Crippen LogP contribution in [0.3, 0.4) is 0 Å². The van der Waals surface area contributed by atoms with Crippen LogP contribution < -0.4 is 10.6 Å². The third kappa shape index (κ3) is 4.56. The molecule has 0 unspecified atom stereocenters. The van der Waals surface area contributed by atoms with Gasteiger partial charge in [0.15, 0.2) is 0 Å². The van der Waals surface area contributed by atoms with Crippen LogP contribution in [0, 0.1) is 0 Å². The molecule has 1 aromatic carbocycles. The van der Waals surface area contributed by atoms with E-state index < -0.39 is 5.97 Å². The summed E-state index contributed by atoms with van der Waals surface area (Å²) in [5.41, 5.74) is 3.13. The molecule has 0 spiro atoms. The Labute approximate surface area is 124 Å². The minimum atomic E-state index is -0.761. The Morgan fingerprint density at radius 3 is 2.90 bits per heavy atom. The molecule has 1 amide bonds. The molecule has 5 heteroatoms. The quantitative estimate of drug-likeness (QED) is 0.668. The smallest absolute Gasteiger partial charge is 0.303 e. The number of fused-ring (bicyclic) bond motifs is 1. The third-order valence-electron chi connectivity index (χ3n) is 3.74. The van der Waals surface area contributed by atoms with Gasteiger partial charge in [0.1, 0.15) is 0 Å². The van der Waals surface area contributed by atoms with E-state index in [2.05, 4.69) is 16.7 Å². The van der Waals surface area contributed by atoms with E-state index in [-0.39, 0.29) is 12.3 Å². The number of carbonyl (C=O) groups is 2. The summed E-state index contributed by atoms with van der Waals surface area (Å²) < 4.78 is 0. The van der Waals surface area contributed by atoms with Crippen LogP contribution in [0.1, 0.15) is 47.2 Å². The Morgan fingerprint density at radius 2 is 2.10 bits per heavy atom. The van der Waals surface area contributed by atoms with Crippen molar-refractivity contribution in [1.29, 1.82) is 0 Å². The molecule has 1 heterocycles. The zero-order chi connectivity index (χ0) is 15.1. The van der Waals surface area contributed by atoms with Crippen LogP contribution >= 0.6 is 0 Å². The highest BCUT2D eigenvalue weighted by Crippen LogP contribution is 2.18. The van der Waals surface area contributed by atoms with Crippen molar-refractivity contribution >= 4 is 11.9 Å². The molecule has 0 saturated carbocycles. The van der Waals surface area contributed by atoms with Crippen molar-refractivity contribution in [2.75, 3.05) is 13.1 Å². The molecule has 1 aliphatic heterocycles. The summed E-state index contributed by atoms with van der Waals surface area (Å²) in [4.78, 5) is 22.6. The average molecular weight is 290 g/mol. The molecule has 1 aromatic rings. The van der Waals surface area contributed by atoms with Gasteiger partial charge in [0.2, 0.25) is 0 Å². The van der Waals surface area contributed by atoms with E-state index in [0.29, 0.717) is 13.0 Å². The Bertz CT molecular complexity index is 514. The van der Waals surface area contributed by atoms with Gasteiger partial charge in [0, 0.05) is 25.1 Å². The van der Waals surface area contributed by atoms with E-state index in [1.807, 2.05) is 12.1 Å². The lowest BCUT2D eigenvalue weighted by atomic mass is 9.95. The third-order valence-corrected chi connectivity index (χ3v) is 3.74. The summed E-state index contributed by atoms with van der Waals surface area (Å²) in [6.45, 7) is 2.33. The number of carboxylic acid groups (broad SMARTS) is 1. The molecule has 3 N–H and O–H groups in total. The number of benzene rings is 1. The molecule has 0 aliphatic carbocycles. The van der Waals surface area contributed by atoms with Gasteiger partial charge >= 0.3 is 5.97 Å². The van der Waals surface area contributed by atoms with Crippen LogP contribution in [-0.4, -0.2) is 30.1 Å². The number of carbonyl (C=O) groups excluding carboxylic acids is 1. The van der Waals surface area contributed by atoms with E-state index in [1.54, 1.807) is 0 Å². The first-order valence-electron chi connectivity index (χ1n) is 7.50. The molecule has 0 fully saturated rings. The van der Waals surface area contributed by atoms with Crippen molar-refractivity contribution in [3.05, 3.63) is 34.9 Å². The SMILES string of the molecule is O=C(O)CCCCCNC(=O)c1cccc2c1CCNC2.